The molecule has 3 aromatic carbocycles. The molecule has 0 heterocycles. The maximum Gasteiger partial charge on any atom is 0.359 e. The Bertz CT molecular complexity index is 1110. The molecule has 0 amide bonds. The Morgan fingerprint density at radius 1 is 0.839 bits per heavy atom. The normalized spacial score (nSPS) is 12.7. The second-order valence-corrected chi connectivity index (χ2v) is 6.56. The maximum absolute atomic E-state index is 14.0. The fraction of sp³-hybridized carbons (Fsp3) is 0.0800. The van der Waals surface area contributed by atoms with E-state index in [9.17, 15) is 18.8 Å². The number of hydrogen-bond donors (Lipinski definition) is 0. The Morgan fingerprint density at radius 2 is 1.45 bits per heavy atom. The van der Waals surface area contributed by atoms with Gasteiger partial charge < -0.3 is 9.47 Å². The van der Waals surface area contributed by atoms with E-state index in [1.807, 2.05) is 0 Å². The highest BCUT2D eigenvalue weighted by Gasteiger charge is 2.44. The number of halogens is 1. The van der Waals surface area contributed by atoms with Gasteiger partial charge in [-0.25, -0.2) is 14.0 Å². The summed E-state index contributed by atoms with van der Waals surface area (Å²) in [7, 11) is 1.11. The van der Waals surface area contributed by atoms with E-state index in [0.29, 0.717) is 5.56 Å². The molecule has 0 N–H and O–H groups in total. The number of carbonyl (C=O) groups is 3. The molecule has 31 heavy (non-hydrogen) atoms. The highest BCUT2D eigenvalue weighted by atomic mass is 19.1. The van der Waals surface area contributed by atoms with Crippen molar-refractivity contribution in [1.29, 1.82) is 0 Å². The van der Waals surface area contributed by atoms with E-state index in [0.717, 1.165) is 25.3 Å². The van der Waals surface area contributed by atoms with Gasteiger partial charge in [-0.2, -0.15) is 0 Å². The van der Waals surface area contributed by atoms with Gasteiger partial charge in [-0.05, 0) is 36.4 Å². The topological polar surface area (TPSA) is 69.7 Å². The average molecular weight is 418 g/mol. The Balaban J connectivity index is 2.10. The first-order chi connectivity index (χ1) is 15.0. The largest absolute Gasteiger partial charge is 0.466 e. The lowest BCUT2D eigenvalue weighted by molar-refractivity contribution is -0.159. The minimum atomic E-state index is -2.17. The Labute approximate surface area is 178 Å². The van der Waals surface area contributed by atoms with Gasteiger partial charge in [0.1, 0.15) is 5.82 Å². The zero-order chi connectivity index (χ0) is 22.3. The Morgan fingerprint density at radius 3 is 2.03 bits per heavy atom. The van der Waals surface area contributed by atoms with Gasteiger partial charge in [0.15, 0.2) is 5.78 Å². The molecule has 0 saturated carbocycles. The van der Waals surface area contributed by atoms with Gasteiger partial charge in [-0.15, -0.1) is 0 Å². The summed E-state index contributed by atoms with van der Waals surface area (Å²) < 4.78 is 24.5. The second-order valence-electron chi connectivity index (χ2n) is 6.56. The van der Waals surface area contributed by atoms with E-state index in [4.69, 9.17) is 9.47 Å². The van der Waals surface area contributed by atoms with Crippen LogP contribution in [0.25, 0.3) is 0 Å². The van der Waals surface area contributed by atoms with Gasteiger partial charge in [0.2, 0.25) is 0 Å². The van der Waals surface area contributed by atoms with Gasteiger partial charge in [-0.3, -0.25) is 4.79 Å². The fourth-order valence-electron chi connectivity index (χ4n) is 2.96. The Kier molecular flexibility index (Phi) is 6.72. The van der Waals surface area contributed by atoms with Crippen LogP contribution in [0.2, 0.25) is 0 Å². The number of carbonyl (C=O) groups excluding carboxylic acids is 3. The molecule has 0 saturated heterocycles. The molecule has 0 aliphatic heterocycles. The third-order valence-corrected chi connectivity index (χ3v) is 4.53. The first-order valence-electron chi connectivity index (χ1n) is 9.38. The summed E-state index contributed by atoms with van der Waals surface area (Å²) >= 11 is 0. The van der Waals surface area contributed by atoms with Crippen molar-refractivity contribution in [3.8, 4) is 0 Å². The highest BCUT2D eigenvalue weighted by molar-refractivity contribution is 6.05. The molecule has 1 atom stereocenters. The van der Waals surface area contributed by atoms with Crippen LogP contribution >= 0.6 is 0 Å². The van der Waals surface area contributed by atoms with Crippen LogP contribution in [0.5, 0.6) is 0 Å². The van der Waals surface area contributed by atoms with Crippen LogP contribution in [-0.2, 0) is 19.9 Å². The number of methoxy groups -OCH3 is 1. The van der Waals surface area contributed by atoms with Crippen molar-refractivity contribution in [2.24, 2.45) is 0 Å². The van der Waals surface area contributed by atoms with Gasteiger partial charge in [0.05, 0.1) is 12.7 Å². The van der Waals surface area contributed by atoms with Crippen LogP contribution in [-0.4, -0.2) is 24.8 Å². The van der Waals surface area contributed by atoms with Crippen LogP contribution < -0.4 is 0 Å². The molecule has 1 unspecified atom stereocenters. The first-order valence-corrected chi connectivity index (χ1v) is 9.38. The summed E-state index contributed by atoms with van der Waals surface area (Å²) in [4.78, 5) is 38.3. The van der Waals surface area contributed by atoms with Gasteiger partial charge in [-0.1, -0.05) is 60.7 Å². The van der Waals surface area contributed by atoms with E-state index < -0.39 is 29.1 Å². The SMILES string of the molecule is COC(=O)C(/C=C/C(=O)c1ccccc1)(OC(=O)c1ccccc1)c1cccc(F)c1. The molecule has 5 nitrogen and oxygen atoms in total. The van der Waals surface area contributed by atoms with E-state index >= 15 is 0 Å². The second kappa shape index (κ2) is 9.63. The molecule has 0 aliphatic carbocycles. The minimum absolute atomic E-state index is 0.000688. The molecule has 0 radical (unpaired) electrons. The van der Waals surface area contributed by atoms with Crippen molar-refractivity contribution in [3.05, 3.63) is 120 Å². The van der Waals surface area contributed by atoms with Crippen molar-refractivity contribution in [1.82, 2.24) is 0 Å². The summed E-state index contributed by atoms with van der Waals surface area (Å²) in [6, 6.07) is 21.4. The molecule has 3 rings (SSSR count). The van der Waals surface area contributed by atoms with Crippen molar-refractivity contribution >= 4 is 17.7 Å². The molecule has 3 aromatic rings. The average Bonchev–Trinajstić information content (AvgIpc) is 2.82. The standard InChI is InChI=1S/C25H19FO5/c1-30-24(29)25(20-13-8-14-21(26)17-20,31-23(28)19-11-6-3-7-12-19)16-15-22(27)18-9-4-2-5-10-18/h2-17H,1H3/b16-15+. The molecule has 0 spiro atoms. The van der Waals surface area contributed by atoms with Gasteiger partial charge in [0, 0.05) is 11.1 Å². The van der Waals surface area contributed by atoms with Crippen LogP contribution in [0.15, 0.2) is 97.1 Å². The maximum atomic E-state index is 14.0. The molecule has 0 aliphatic rings. The lowest BCUT2D eigenvalue weighted by Gasteiger charge is -2.28. The number of ether oxygens (including phenoxy) is 2. The van der Waals surface area contributed by atoms with E-state index in [1.165, 1.54) is 30.3 Å². The van der Waals surface area contributed by atoms with E-state index in [1.54, 1.807) is 48.5 Å². The molecule has 0 bridgehead atoms. The lowest BCUT2D eigenvalue weighted by Crippen LogP contribution is -2.40. The van der Waals surface area contributed by atoms with E-state index in [-0.39, 0.29) is 11.1 Å². The predicted molar refractivity (Wildman–Crippen MR) is 112 cm³/mol. The summed E-state index contributed by atoms with van der Waals surface area (Å²) in [5, 5.41) is 0. The number of rotatable bonds is 7. The number of hydrogen-bond acceptors (Lipinski definition) is 5. The van der Waals surface area contributed by atoms with Crippen molar-refractivity contribution in [3.63, 3.8) is 0 Å². The minimum Gasteiger partial charge on any atom is -0.466 e. The lowest BCUT2D eigenvalue weighted by atomic mass is 9.91. The molecular weight excluding hydrogens is 399 g/mol. The number of allylic oxidation sites excluding steroid dienone is 1. The molecule has 156 valence electrons. The summed E-state index contributed by atoms with van der Waals surface area (Å²) in [6.45, 7) is 0. The molecular formula is C25H19FO5. The third-order valence-electron chi connectivity index (χ3n) is 4.53. The smallest absolute Gasteiger partial charge is 0.359 e. The third kappa shape index (κ3) is 4.93. The van der Waals surface area contributed by atoms with Crippen LogP contribution in [0.1, 0.15) is 26.3 Å². The Hall–Kier alpha value is -4.06. The van der Waals surface area contributed by atoms with Crippen LogP contribution in [0.4, 0.5) is 4.39 Å². The zero-order valence-electron chi connectivity index (χ0n) is 16.7. The number of benzene rings is 3. The predicted octanol–water partition coefficient (Wildman–Crippen LogP) is 4.49. The van der Waals surface area contributed by atoms with Crippen LogP contribution in [0.3, 0.4) is 0 Å². The van der Waals surface area contributed by atoms with E-state index in [2.05, 4.69) is 0 Å². The first kappa shape index (κ1) is 21.6. The van der Waals surface area contributed by atoms with Crippen LogP contribution in [0, 0.1) is 5.82 Å². The van der Waals surface area contributed by atoms with Crippen molar-refractivity contribution in [2.75, 3.05) is 7.11 Å². The highest BCUT2D eigenvalue weighted by Crippen LogP contribution is 2.31. The van der Waals surface area contributed by atoms with Crippen molar-refractivity contribution < 1.29 is 28.2 Å². The molecule has 0 fully saturated rings. The molecule has 6 heteroatoms. The van der Waals surface area contributed by atoms with Gasteiger partial charge >= 0.3 is 11.9 Å². The van der Waals surface area contributed by atoms with Gasteiger partial charge in [0.25, 0.3) is 5.60 Å². The summed E-state index contributed by atoms with van der Waals surface area (Å²) in [5.74, 6) is -2.91. The number of ketones is 1. The quantitative estimate of drug-likeness (QED) is 0.321. The monoisotopic (exact) mass is 418 g/mol. The zero-order valence-corrected chi connectivity index (χ0v) is 16.7. The molecule has 0 aromatic heterocycles. The summed E-state index contributed by atoms with van der Waals surface area (Å²) in [6.07, 6.45) is 2.22. The van der Waals surface area contributed by atoms with Crippen molar-refractivity contribution in [2.45, 2.75) is 5.60 Å². The fourth-order valence-corrected chi connectivity index (χ4v) is 2.96. The summed E-state index contributed by atoms with van der Waals surface area (Å²) in [5.41, 5.74) is -1.63. The number of esters is 2.